The molecule has 8 rings (SSSR count). The van der Waals surface area contributed by atoms with Crippen molar-refractivity contribution in [3.05, 3.63) is 137 Å². The minimum atomic E-state index is -0.930. The molecule has 17 nitrogen and oxygen atoms in total. The van der Waals surface area contributed by atoms with Crippen LogP contribution in [0.5, 0.6) is 0 Å². The summed E-state index contributed by atoms with van der Waals surface area (Å²) in [7, 11) is 0. The van der Waals surface area contributed by atoms with Crippen LogP contribution < -0.4 is 21.3 Å². The van der Waals surface area contributed by atoms with Gasteiger partial charge in [0.1, 0.15) is 12.1 Å². The van der Waals surface area contributed by atoms with Gasteiger partial charge in [0.15, 0.2) is 0 Å². The number of nitrogens with one attached hydrogen (secondary N) is 4. The minimum Gasteiger partial charge on any atom is -0.391 e. The fraction of sp³-hybridized carbons (Fsp3) is 0.375. The number of aliphatic hydroxyl groups excluding tert-OH is 1. The molecular weight excluding hydrogens is 955 g/mol. The average Bonchev–Trinajstić information content (AvgIpc) is 4.02. The summed E-state index contributed by atoms with van der Waals surface area (Å²) in [6.45, 7) is 13.0. The first-order valence-electron chi connectivity index (χ1n) is 25.1. The van der Waals surface area contributed by atoms with Crippen LogP contribution in [0.15, 0.2) is 109 Å². The largest absolute Gasteiger partial charge is 0.391 e. The van der Waals surface area contributed by atoms with Crippen LogP contribution in [0.25, 0.3) is 21.7 Å². The van der Waals surface area contributed by atoms with E-state index in [-0.39, 0.29) is 49.6 Å². The number of nitrogens with zero attached hydrogens (tertiary/aromatic N) is 7. The lowest BCUT2D eigenvalue weighted by molar-refractivity contribution is -0.144. The zero-order chi connectivity index (χ0) is 52.4. The number of thiazole rings is 1. The van der Waals surface area contributed by atoms with Gasteiger partial charge in [-0.3, -0.25) is 33.9 Å². The number of rotatable bonds is 18. The second kappa shape index (κ2) is 24.1. The summed E-state index contributed by atoms with van der Waals surface area (Å²) in [4.78, 5) is 91.6. The summed E-state index contributed by atoms with van der Waals surface area (Å²) in [6, 6.07) is 24.9. The summed E-state index contributed by atoms with van der Waals surface area (Å²) < 4.78 is 0. The SMILES string of the molecule is Cc1ccc(NC(=O)c2ccc(CN3CCN(C(=O)CCCCC(=O)NC(C(=O)N4C[C@H](O)C[C@H]4C(=O)NCc4ccc(-c5scnc5C)cc4)C(C)(C)C)CC3)cc2)cc1Nc1nccc(-c2cccnc2)n1. The number of β-amino-alcohol motifs (C(OH)–C–C–N with tert-alkyl or cyclic N) is 1. The Kier molecular flexibility index (Phi) is 17.2. The highest BCUT2D eigenvalue weighted by molar-refractivity contribution is 7.13. The molecule has 74 heavy (non-hydrogen) atoms. The van der Waals surface area contributed by atoms with Gasteiger partial charge < -0.3 is 36.2 Å². The normalized spacial score (nSPS) is 16.4. The van der Waals surface area contributed by atoms with Gasteiger partial charge >= 0.3 is 0 Å². The number of anilines is 3. The molecule has 5 amide bonds. The van der Waals surface area contributed by atoms with Gasteiger partial charge in [-0.15, -0.1) is 11.3 Å². The molecule has 2 saturated heterocycles. The summed E-state index contributed by atoms with van der Waals surface area (Å²) in [5.74, 6) is -0.849. The number of hydrogen-bond donors (Lipinski definition) is 5. The molecule has 2 aliphatic heterocycles. The zero-order valence-corrected chi connectivity index (χ0v) is 43.5. The number of likely N-dealkylation sites (tertiary alicyclic amines) is 1. The van der Waals surface area contributed by atoms with Crippen molar-refractivity contribution in [1.82, 2.24) is 45.3 Å². The molecule has 5 N–H and O–H groups in total. The Morgan fingerprint density at radius 1 is 0.838 bits per heavy atom. The molecule has 1 unspecified atom stereocenters. The molecule has 2 fully saturated rings. The Morgan fingerprint density at radius 2 is 1.58 bits per heavy atom. The summed E-state index contributed by atoms with van der Waals surface area (Å²) in [5.41, 5.74) is 9.60. The molecule has 3 aromatic carbocycles. The average molecular weight is 1020 g/mol. The Bertz CT molecular complexity index is 2920. The molecular formula is C56H65N11O6S. The maximum Gasteiger partial charge on any atom is 0.255 e. The van der Waals surface area contributed by atoms with Crippen LogP contribution in [-0.4, -0.2) is 120 Å². The minimum absolute atomic E-state index is 0.00880. The molecule has 386 valence electrons. The molecule has 0 saturated carbocycles. The van der Waals surface area contributed by atoms with Gasteiger partial charge in [0.2, 0.25) is 29.6 Å². The molecule has 0 spiro atoms. The molecule has 18 heteroatoms. The third-order valence-electron chi connectivity index (χ3n) is 13.5. The molecule has 5 heterocycles. The Balaban J connectivity index is 0.737. The molecule has 3 aromatic heterocycles. The molecule has 6 aromatic rings. The maximum atomic E-state index is 14.1. The van der Waals surface area contributed by atoms with Crippen molar-refractivity contribution in [1.29, 1.82) is 0 Å². The van der Waals surface area contributed by atoms with Crippen LogP contribution in [0.4, 0.5) is 17.3 Å². The fourth-order valence-electron chi connectivity index (χ4n) is 9.16. The number of benzene rings is 3. The van der Waals surface area contributed by atoms with E-state index in [1.807, 2.05) is 130 Å². The number of unbranched alkanes of at least 4 members (excludes halogenated alkanes) is 1. The predicted molar refractivity (Wildman–Crippen MR) is 286 cm³/mol. The van der Waals surface area contributed by atoms with Gasteiger partial charge in [0.05, 0.1) is 27.9 Å². The van der Waals surface area contributed by atoms with Crippen molar-refractivity contribution >= 4 is 58.2 Å². The van der Waals surface area contributed by atoms with Crippen molar-refractivity contribution < 1.29 is 29.1 Å². The van der Waals surface area contributed by atoms with E-state index in [9.17, 15) is 29.1 Å². The van der Waals surface area contributed by atoms with Crippen molar-refractivity contribution in [2.75, 3.05) is 43.4 Å². The second-order valence-electron chi connectivity index (χ2n) is 20.1. The number of carbonyl (C=O) groups excluding carboxylic acids is 5. The van der Waals surface area contributed by atoms with Gasteiger partial charge in [-0.2, -0.15) is 0 Å². The number of hydrogen-bond acceptors (Lipinski definition) is 13. The van der Waals surface area contributed by atoms with Gasteiger partial charge in [0.25, 0.3) is 5.91 Å². The standard InChI is InChI=1S/C56H65N11O6S/c1-36-12-21-43(29-46(36)63-55-58-24-22-45(62-55)42-9-8-23-57-32-42)61-52(71)41-19-15-39(16-20-41)33-65-25-27-66(28-26-65)49(70)11-7-6-10-48(69)64-51(56(3,4)5)54(73)67-34-44(68)30-47(67)53(72)59-31-38-13-17-40(18-14-38)50-37(2)60-35-74-50/h8-9,12-24,29,32,35,44,47,51,68H,6-7,10-11,25-28,30-31,33-34H2,1-5H3,(H,59,72)(H,61,71)(H,64,69)(H,58,62,63)/t44-,47+,51?/m1/s1. The summed E-state index contributed by atoms with van der Waals surface area (Å²) >= 11 is 1.57. The topological polar surface area (TPSA) is 215 Å². The molecule has 0 aliphatic carbocycles. The van der Waals surface area contributed by atoms with E-state index in [1.165, 1.54) is 4.90 Å². The number of piperazine rings is 1. The van der Waals surface area contributed by atoms with E-state index in [2.05, 4.69) is 46.1 Å². The van der Waals surface area contributed by atoms with Gasteiger partial charge in [0, 0.05) is 106 Å². The van der Waals surface area contributed by atoms with E-state index in [1.54, 1.807) is 29.9 Å². The summed E-state index contributed by atoms with van der Waals surface area (Å²) in [5, 5.41) is 22.8. The number of aromatic nitrogens is 4. The van der Waals surface area contributed by atoms with E-state index in [4.69, 9.17) is 0 Å². The lowest BCUT2D eigenvalue weighted by Gasteiger charge is -2.35. The Morgan fingerprint density at radius 3 is 2.28 bits per heavy atom. The van der Waals surface area contributed by atoms with E-state index < -0.39 is 29.5 Å². The molecule has 2 aliphatic rings. The highest BCUT2D eigenvalue weighted by Gasteiger charge is 2.44. The van der Waals surface area contributed by atoms with Crippen LogP contribution in [0.1, 0.15) is 85.6 Å². The smallest absolute Gasteiger partial charge is 0.255 e. The van der Waals surface area contributed by atoms with Crippen molar-refractivity contribution in [2.45, 2.75) is 98.0 Å². The number of amides is 5. The first kappa shape index (κ1) is 52.9. The zero-order valence-electron chi connectivity index (χ0n) is 42.6. The van der Waals surface area contributed by atoms with E-state index in [0.29, 0.717) is 69.2 Å². The van der Waals surface area contributed by atoms with E-state index in [0.717, 1.165) is 49.8 Å². The van der Waals surface area contributed by atoms with Crippen molar-refractivity contribution in [3.63, 3.8) is 0 Å². The van der Waals surface area contributed by atoms with Gasteiger partial charge in [-0.05, 0) is 96.8 Å². The van der Waals surface area contributed by atoms with Crippen LogP contribution in [0.3, 0.4) is 0 Å². The van der Waals surface area contributed by atoms with Gasteiger partial charge in [-0.1, -0.05) is 63.2 Å². The van der Waals surface area contributed by atoms with Crippen molar-refractivity contribution in [3.8, 4) is 21.7 Å². The third-order valence-corrected chi connectivity index (χ3v) is 14.4. The lowest BCUT2D eigenvalue weighted by Crippen LogP contribution is -2.57. The van der Waals surface area contributed by atoms with Crippen LogP contribution in [-0.2, 0) is 32.3 Å². The monoisotopic (exact) mass is 1020 g/mol. The number of aryl methyl sites for hydroxylation is 2. The lowest BCUT2D eigenvalue weighted by atomic mass is 9.85. The maximum absolute atomic E-state index is 14.1. The first-order chi connectivity index (χ1) is 35.6. The number of aliphatic hydroxyl groups is 1. The Labute approximate surface area is 436 Å². The first-order valence-corrected chi connectivity index (χ1v) is 26.0. The molecule has 0 bridgehead atoms. The van der Waals surface area contributed by atoms with Crippen LogP contribution in [0, 0.1) is 19.3 Å². The van der Waals surface area contributed by atoms with Crippen LogP contribution >= 0.6 is 11.3 Å². The second-order valence-corrected chi connectivity index (χ2v) is 21.0. The quantitative estimate of drug-likeness (QED) is 0.0537. The fourth-order valence-corrected chi connectivity index (χ4v) is 9.97. The summed E-state index contributed by atoms with van der Waals surface area (Å²) in [6.07, 6.45) is 5.82. The highest BCUT2D eigenvalue weighted by Crippen LogP contribution is 2.30. The highest BCUT2D eigenvalue weighted by atomic mass is 32.1. The number of carbonyl (C=O) groups is 5. The van der Waals surface area contributed by atoms with Crippen molar-refractivity contribution in [2.24, 2.45) is 5.41 Å². The number of pyridine rings is 1. The Hall–Kier alpha value is -7.41. The molecule has 0 radical (unpaired) electrons. The van der Waals surface area contributed by atoms with Crippen LogP contribution in [0.2, 0.25) is 0 Å². The van der Waals surface area contributed by atoms with Gasteiger partial charge in [-0.25, -0.2) is 15.0 Å². The third kappa shape index (κ3) is 13.8. The molecule has 3 atom stereocenters. The van der Waals surface area contributed by atoms with E-state index >= 15 is 0 Å². The predicted octanol–water partition coefficient (Wildman–Crippen LogP) is 7.29.